The van der Waals surface area contributed by atoms with E-state index in [1.807, 2.05) is 6.07 Å². The molecule has 0 unspecified atom stereocenters. The third-order valence-electron chi connectivity index (χ3n) is 3.10. The van der Waals surface area contributed by atoms with Crippen molar-refractivity contribution in [2.45, 2.75) is 13.8 Å². The van der Waals surface area contributed by atoms with Gasteiger partial charge in [0.25, 0.3) is 0 Å². The molecule has 3 heteroatoms. The Morgan fingerprint density at radius 1 is 1.05 bits per heavy atom. The van der Waals surface area contributed by atoms with Crippen LogP contribution in [0.5, 0.6) is 5.75 Å². The van der Waals surface area contributed by atoms with Gasteiger partial charge in [0, 0.05) is 12.2 Å². The third kappa shape index (κ3) is 3.71. The summed E-state index contributed by atoms with van der Waals surface area (Å²) in [5.74, 6) is 0.435. The van der Waals surface area contributed by atoms with Crippen LogP contribution in [0.15, 0.2) is 42.5 Å². The average molecular weight is 259 g/mol. The van der Waals surface area contributed by atoms with E-state index in [1.165, 1.54) is 23.3 Å². The summed E-state index contributed by atoms with van der Waals surface area (Å²) in [4.78, 5) is 0. The van der Waals surface area contributed by atoms with Gasteiger partial charge in [-0.15, -0.1) is 0 Å². The Hall–Kier alpha value is -2.03. The standard InChI is InChI=1S/C16H18FNO/c1-12-4-3-5-16(13(12)2)18-10-11-19-15-8-6-14(17)7-9-15/h3-9,18H,10-11H2,1-2H3. The van der Waals surface area contributed by atoms with E-state index >= 15 is 0 Å². The highest BCUT2D eigenvalue weighted by molar-refractivity contribution is 5.53. The van der Waals surface area contributed by atoms with Crippen LogP contribution in [0.4, 0.5) is 10.1 Å². The maximum Gasteiger partial charge on any atom is 0.123 e. The van der Waals surface area contributed by atoms with Gasteiger partial charge in [0.05, 0.1) is 0 Å². The first-order chi connectivity index (χ1) is 9.16. The Bertz CT molecular complexity index is 537. The highest BCUT2D eigenvalue weighted by Gasteiger charge is 2.00. The van der Waals surface area contributed by atoms with Gasteiger partial charge in [-0.3, -0.25) is 0 Å². The van der Waals surface area contributed by atoms with Crippen molar-refractivity contribution in [1.82, 2.24) is 0 Å². The number of nitrogens with one attached hydrogen (secondary N) is 1. The zero-order valence-electron chi connectivity index (χ0n) is 11.2. The molecule has 0 atom stereocenters. The van der Waals surface area contributed by atoms with E-state index in [-0.39, 0.29) is 5.82 Å². The highest BCUT2D eigenvalue weighted by atomic mass is 19.1. The smallest absolute Gasteiger partial charge is 0.123 e. The van der Waals surface area contributed by atoms with Crippen LogP contribution < -0.4 is 10.1 Å². The average Bonchev–Trinajstić information content (AvgIpc) is 2.41. The molecule has 0 amide bonds. The zero-order valence-corrected chi connectivity index (χ0v) is 11.2. The van der Waals surface area contributed by atoms with Crippen molar-refractivity contribution < 1.29 is 9.13 Å². The second-order valence-corrected chi connectivity index (χ2v) is 4.48. The number of hydrogen-bond donors (Lipinski definition) is 1. The molecule has 0 spiro atoms. The van der Waals surface area contributed by atoms with Crippen LogP contribution in [-0.4, -0.2) is 13.2 Å². The van der Waals surface area contributed by atoms with Gasteiger partial charge in [-0.05, 0) is 55.3 Å². The SMILES string of the molecule is Cc1cccc(NCCOc2ccc(F)cc2)c1C. The molecule has 2 aromatic rings. The first-order valence-electron chi connectivity index (χ1n) is 6.35. The fourth-order valence-electron chi connectivity index (χ4n) is 1.83. The minimum Gasteiger partial charge on any atom is -0.492 e. The Morgan fingerprint density at radius 3 is 2.53 bits per heavy atom. The van der Waals surface area contributed by atoms with Crippen LogP contribution in [0, 0.1) is 19.7 Å². The molecular formula is C16H18FNO. The summed E-state index contributed by atoms with van der Waals surface area (Å²) >= 11 is 0. The fourth-order valence-corrected chi connectivity index (χ4v) is 1.83. The minimum absolute atomic E-state index is 0.249. The number of anilines is 1. The van der Waals surface area contributed by atoms with E-state index in [0.29, 0.717) is 18.9 Å². The molecule has 1 N–H and O–H groups in total. The van der Waals surface area contributed by atoms with Gasteiger partial charge in [-0.2, -0.15) is 0 Å². The largest absolute Gasteiger partial charge is 0.492 e. The summed E-state index contributed by atoms with van der Waals surface area (Å²) in [6, 6.07) is 12.2. The molecule has 0 saturated carbocycles. The molecule has 0 aromatic heterocycles. The van der Waals surface area contributed by atoms with Crippen LogP contribution in [0.3, 0.4) is 0 Å². The summed E-state index contributed by atoms with van der Waals surface area (Å²) in [6.45, 7) is 5.44. The lowest BCUT2D eigenvalue weighted by atomic mass is 10.1. The van der Waals surface area contributed by atoms with Gasteiger partial charge in [0.1, 0.15) is 18.2 Å². The van der Waals surface area contributed by atoms with Gasteiger partial charge in [-0.25, -0.2) is 4.39 Å². The van der Waals surface area contributed by atoms with Gasteiger partial charge in [0.15, 0.2) is 0 Å². The minimum atomic E-state index is -0.249. The second-order valence-electron chi connectivity index (χ2n) is 4.48. The summed E-state index contributed by atoms with van der Waals surface area (Å²) in [6.07, 6.45) is 0. The Kier molecular flexibility index (Phi) is 4.39. The molecule has 0 bridgehead atoms. The van der Waals surface area contributed by atoms with Gasteiger partial charge in [0.2, 0.25) is 0 Å². The number of ether oxygens (including phenoxy) is 1. The van der Waals surface area contributed by atoms with E-state index in [9.17, 15) is 4.39 Å². The Labute approximate surface area is 113 Å². The van der Waals surface area contributed by atoms with Crippen molar-refractivity contribution in [2.75, 3.05) is 18.5 Å². The lowest BCUT2D eigenvalue weighted by Gasteiger charge is -2.12. The number of rotatable bonds is 5. The highest BCUT2D eigenvalue weighted by Crippen LogP contribution is 2.17. The maximum atomic E-state index is 12.7. The van der Waals surface area contributed by atoms with Crippen molar-refractivity contribution >= 4 is 5.69 Å². The first kappa shape index (κ1) is 13.4. The lowest BCUT2D eigenvalue weighted by Crippen LogP contribution is -2.12. The summed E-state index contributed by atoms with van der Waals surface area (Å²) < 4.78 is 18.2. The number of hydrogen-bond acceptors (Lipinski definition) is 2. The molecule has 0 aliphatic heterocycles. The van der Waals surface area contributed by atoms with Crippen molar-refractivity contribution in [3.05, 3.63) is 59.4 Å². The molecule has 100 valence electrons. The predicted octanol–water partition coefficient (Wildman–Crippen LogP) is 3.93. The summed E-state index contributed by atoms with van der Waals surface area (Å²) in [5, 5.41) is 3.34. The molecule has 19 heavy (non-hydrogen) atoms. The molecule has 2 aromatic carbocycles. The molecule has 0 aliphatic rings. The normalized spacial score (nSPS) is 10.3. The van der Waals surface area contributed by atoms with E-state index < -0.39 is 0 Å². The van der Waals surface area contributed by atoms with Crippen molar-refractivity contribution in [3.8, 4) is 5.75 Å². The Morgan fingerprint density at radius 2 is 1.79 bits per heavy atom. The number of halogens is 1. The molecule has 0 heterocycles. The first-order valence-corrected chi connectivity index (χ1v) is 6.35. The summed E-state index contributed by atoms with van der Waals surface area (Å²) in [5.41, 5.74) is 3.65. The molecule has 2 nitrogen and oxygen atoms in total. The maximum absolute atomic E-state index is 12.7. The third-order valence-corrected chi connectivity index (χ3v) is 3.10. The molecule has 0 radical (unpaired) electrons. The molecule has 0 fully saturated rings. The van der Waals surface area contributed by atoms with Crippen LogP contribution in [0.25, 0.3) is 0 Å². The lowest BCUT2D eigenvalue weighted by molar-refractivity contribution is 0.332. The Balaban J connectivity index is 1.81. The second kappa shape index (κ2) is 6.23. The van der Waals surface area contributed by atoms with Crippen molar-refractivity contribution in [3.63, 3.8) is 0 Å². The molecular weight excluding hydrogens is 241 g/mol. The van der Waals surface area contributed by atoms with E-state index in [4.69, 9.17) is 4.74 Å². The van der Waals surface area contributed by atoms with Crippen LogP contribution >= 0.6 is 0 Å². The van der Waals surface area contributed by atoms with Gasteiger partial charge in [-0.1, -0.05) is 12.1 Å². The van der Waals surface area contributed by atoms with Gasteiger partial charge < -0.3 is 10.1 Å². The van der Waals surface area contributed by atoms with Crippen molar-refractivity contribution in [1.29, 1.82) is 0 Å². The number of aryl methyl sites for hydroxylation is 1. The number of benzene rings is 2. The van der Waals surface area contributed by atoms with E-state index in [1.54, 1.807) is 12.1 Å². The topological polar surface area (TPSA) is 21.3 Å². The summed E-state index contributed by atoms with van der Waals surface area (Å²) in [7, 11) is 0. The van der Waals surface area contributed by atoms with E-state index in [2.05, 4.69) is 31.3 Å². The monoisotopic (exact) mass is 259 g/mol. The van der Waals surface area contributed by atoms with Gasteiger partial charge >= 0.3 is 0 Å². The van der Waals surface area contributed by atoms with Crippen LogP contribution in [-0.2, 0) is 0 Å². The predicted molar refractivity (Wildman–Crippen MR) is 76.3 cm³/mol. The quantitative estimate of drug-likeness (QED) is 0.821. The van der Waals surface area contributed by atoms with Crippen molar-refractivity contribution in [2.24, 2.45) is 0 Å². The van der Waals surface area contributed by atoms with Crippen LogP contribution in [0.1, 0.15) is 11.1 Å². The fraction of sp³-hybridized carbons (Fsp3) is 0.250. The molecule has 2 rings (SSSR count). The molecule has 0 aliphatic carbocycles. The van der Waals surface area contributed by atoms with E-state index in [0.717, 1.165) is 5.69 Å². The van der Waals surface area contributed by atoms with Crippen LogP contribution in [0.2, 0.25) is 0 Å². The zero-order chi connectivity index (χ0) is 13.7. The molecule has 0 saturated heterocycles.